The molecule has 0 radical (unpaired) electrons. The molecule has 0 aliphatic heterocycles. The van der Waals surface area contributed by atoms with E-state index in [1.165, 1.54) is 0 Å². The van der Waals surface area contributed by atoms with Gasteiger partial charge in [0.2, 0.25) is 5.91 Å². The normalized spacial score (nSPS) is 13.3. The molecule has 0 aliphatic carbocycles. The lowest BCUT2D eigenvalue weighted by Crippen LogP contribution is -2.42. The van der Waals surface area contributed by atoms with Crippen molar-refractivity contribution in [1.29, 1.82) is 0 Å². The number of alkyl halides is 1. The van der Waals surface area contributed by atoms with Crippen molar-refractivity contribution in [3.63, 3.8) is 0 Å². The van der Waals surface area contributed by atoms with E-state index in [1.54, 1.807) is 18.2 Å². The quantitative estimate of drug-likeness (QED) is 0.814. The summed E-state index contributed by atoms with van der Waals surface area (Å²) in [7, 11) is 0. The smallest absolute Gasteiger partial charge is 0.243 e. The summed E-state index contributed by atoms with van der Waals surface area (Å²) in [5.74, 6) is -0.252. The first-order chi connectivity index (χ1) is 7.70. The molecule has 0 heterocycles. The molecule has 0 saturated carbocycles. The van der Waals surface area contributed by atoms with Gasteiger partial charge in [0.05, 0.1) is 10.0 Å². The molecule has 5 heteroatoms. The first-order valence-electron chi connectivity index (χ1n) is 5.12. The van der Waals surface area contributed by atoms with E-state index in [1.807, 2.05) is 20.8 Å². The van der Waals surface area contributed by atoms with E-state index >= 15 is 0 Å². The number of carbonyl (C=O) groups excluding carboxylic acids is 1. The highest BCUT2D eigenvalue weighted by Gasteiger charge is 2.22. The van der Waals surface area contributed by atoms with Gasteiger partial charge in [-0.15, -0.1) is 11.6 Å². The molecule has 0 aromatic heterocycles. The van der Waals surface area contributed by atoms with Crippen molar-refractivity contribution in [3.8, 4) is 0 Å². The zero-order valence-corrected chi connectivity index (χ0v) is 12.1. The highest BCUT2D eigenvalue weighted by Crippen LogP contribution is 2.28. The van der Waals surface area contributed by atoms with Gasteiger partial charge in [-0.05, 0) is 38.5 Å². The second kappa shape index (κ2) is 5.47. The molecule has 0 fully saturated rings. The van der Waals surface area contributed by atoms with Crippen molar-refractivity contribution in [3.05, 3.63) is 33.8 Å². The average Bonchev–Trinajstić information content (AvgIpc) is 2.18. The van der Waals surface area contributed by atoms with Crippen LogP contribution in [0.15, 0.2) is 18.2 Å². The molecular weight excluding hydrogens is 280 g/mol. The predicted octanol–water partition coefficient (Wildman–Crippen LogP) is 4.19. The van der Waals surface area contributed by atoms with Gasteiger partial charge >= 0.3 is 0 Å². The number of benzene rings is 1. The van der Waals surface area contributed by atoms with Gasteiger partial charge in [-0.25, -0.2) is 0 Å². The number of carbonyl (C=O) groups is 1. The van der Waals surface area contributed by atoms with Crippen molar-refractivity contribution in [2.24, 2.45) is 0 Å². The molecule has 0 aliphatic rings. The van der Waals surface area contributed by atoms with Crippen molar-refractivity contribution in [2.75, 3.05) is 0 Å². The number of halogens is 3. The summed E-state index contributed by atoms with van der Waals surface area (Å²) in [6.45, 7) is 5.68. The molecule has 1 rings (SSSR count). The Bertz CT molecular complexity index is 426. The number of amides is 1. The maximum Gasteiger partial charge on any atom is 0.243 e. The molecule has 0 bridgehead atoms. The van der Waals surface area contributed by atoms with E-state index < -0.39 is 5.38 Å². The second-order valence-electron chi connectivity index (χ2n) is 4.78. The summed E-state index contributed by atoms with van der Waals surface area (Å²) in [6, 6.07) is 4.91. The third-order valence-electron chi connectivity index (χ3n) is 1.96. The fourth-order valence-electron chi connectivity index (χ4n) is 1.25. The summed E-state index contributed by atoms with van der Waals surface area (Å²) >= 11 is 17.7. The molecule has 17 heavy (non-hydrogen) atoms. The lowest BCUT2D eigenvalue weighted by Gasteiger charge is -2.22. The van der Waals surface area contributed by atoms with Crippen LogP contribution in [0.5, 0.6) is 0 Å². The summed E-state index contributed by atoms with van der Waals surface area (Å²) < 4.78 is 0. The van der Waals surface area contributed by atoms with Gasteiger partial charge in [-0.2, -0.15) is 0 Å². The lowest BCUT2D eigenvalue weighted by molar-refractivity contribution is -0.122. The molecule has 1 amide bonds. The van der Waals surface area contributed by atoms with Crippen molar-refractivity contribution in [2.45, 2.75) is 31.7 Å². The number of hydrogen-bond donors (Lipinski definition) is 1. The van der Waals surface area contributed by atoms with Crippen LogP contribution in [0.2, 0.25) is 10.0 Å². The van der Waals surface area contributed by atoms with E-state index in [-0.39, 0.29) is 11.4 Å². The fraction of sp³-hybridized carbons (Fsp3) is 0.417. The maximum atomic E-state index is 11.8. The van der Waals surface area contributed by atoms with Crippen LogP contribution in [0.3, 0.4) is 0 Å². The first-order valence-corrected chi connectivity index (χ1v) is 6.31. The van der Waals surface area contributed by atoms with Crippen molar-refractivity contribution < 1.29 is 4.79 Å². The molecule has 0 spiro atoms. The Hall–Kier alpha value is -0.440. The standard InChI is InChI=1S/C12H14Cl3NO/c1-12(2,3)16-11(17)10(15)7-4-5-8(13)9(14)6-7/h4-6,10H,1-3H3,(H,16,17). The van der Waals surface area contributed by atoms with Gasteiger partial charge in [-0.1, -0.05) is 29.3 Å². The highest BCUT2D eigenvalue weighted by atomic mass is 35.5. The molecule has 1 aromatic carbocycles. The lowest BCUT2D eigenvalue weighted by atomic mass is 10.1. The van der Waals surface area contributed by atoms with Gasteiger partial charge in [0.15, 0.2) is 0 Å². The van der Waals surface area contributed by atoms with Gasteiger partial charge in [-0.3, -0.25) is 4.79 Å². The summed E-state index contributed by atoms with van der Waals surface area (Å²) in [5.41, 5.74) is 0.309. The fourth-order valence-corrected chi connectivity index (χ4v) is 1.75. The highest BCUT2D eigenvalue weighted by molar-refractivity contribution is 6.42. The monoisotopic (exact) mass is 293 g/mol. The molecule has 1 N–H and O–H groups in total. The Balaban J connectivity index is 2.85. The van der Waals surface area contributed by atoms with Crippen LogP contribution in [0, 0.1) is 0 Å². The number of nitrogens with one attached hydrogen (secondary N) is 1. The van der Waals surface area contributed by atoms with Gasteiger partial charge in [0.25, 0.3) is 0 Å². The summed E-state index contributed by atoms with van der Waals surface area (Å²) in [5, 5.41) is 2.86. The van der Waals surface area contributed by atoms with Crippen LogP contribution < -0.4 is 5.32 Å². The number of hydrogen-bond acceptors (Lipinski definition) is 1. The second-order valence-corrected chi connectivity index (χ2v) is 6.03. The molecular formula is C12H14Cl3NO. The van der Waals surface area contributed by atoms with Gasteiger partial charge in [0, 0.05) is 5.54 Å². The van der Waals surface area contributed by atoms with E-state index in [0.717, 1.165) is 0 Å². The van der Waals surface area contributed by atoms with E-state index in [0.29, 0.717) is 15.6 Å². The average molecular weight is 295 g/mol. The Labute approximate surface area is 116 Å². The molecule has 1 unspecified atom stereocenters. The largest absolute Gasteiger partial charge is 0.350 e. The molecule has 1 aromatic rings. The van der Waals surface area contributed by atoms with Crippen LogP contribution in [0.25, 0.3) is 0 Å². The minimum atomic E-state index is -0.774. The first kappa shape index (κ1) is 14.6. The Kier molecular flexibility index (Phi) is 4.70. The zero-order valence-electron chi connectivity index (χ0n) is 9.85. The third-order valence-corrected chi connectivity index (χ3v) is 3.15. The van der Waals surface area contributed by atoms with Gasteiger partial charge < -0.3 is 5.32 Å². The van der Waals surface area contributed by atoms with E-state index in [9.17, 15) is 4.79 Å². The molecule has 0 saturated heterocycles. The Morgan fingerprint density at radius 1 is 1.24 bits per heavy atom. The topological polar surface area (TPSA) is 29.1 Å². The Morgan fingerprint density at radius 3 is 2.29 bits per heavy atom. The summed E-state index contributed by atoms with van der Waals surface area (Å²) in [4.78, 5) is 11.8. The summed E-state index contributed by atoms with van der Waals surface area (Å²) in [6.07, 6.45) is 0. The SMILES string of the molecule is CC(C)(C)NC(=O)C(Cl)c1ccc(Cl)c(Cl)c1. The van der Waals surface area contributed by atoms with Crippen molar-refractivity contribution in [1.82, 2.24) is 5.32 Å². The predicted molar refractivity (Wildman–Crippen MR) is 73.0 cm³/mol. The van der Waals surface area contributed by atoms with Crippen molar-refractivity contribution >= 4 is 40.7 Å². The van der Waals surface area contributed by atoms with Crippen LogP contribution in [0.1, 0.15) is 31.7 Å². The minimum absolute atomic E-state index is 0.252. The van der Waals surface area contributed by atoms with Crippen LogP contribution in [0.4, 0.5) is 0 Å². The Morgan fingerprint density at radius 2 is 1.82 bits per heavy atom. The minimum Gasteiger partial charge on any atom is -0.350 e. The van der Waals surface area contributed by atoms with E-state index in [4.69, 9.17) is 34.8 Å². The third kappa shape index (κ3) is 4.38. The zero-order chi connectivity index (χ0) is 13.2. The van der Waals surface area contributed by atoms with E-state index in [2.05, 4.69) is 5.32 Å². The van der Waals surface area contributed by atoms with Crippen LogP contribution >= 0.6 is 34.8 Å². The molecule has 1 atom stereocenters. The molecule has 2 nitrogen and oxygen atoms in total. The number of rotatable bonds is 2. The maximum absolute atomic E-state index is 11.8. The van der Waals surface area contributed by atoms with Crippen LogP contribution in [-0.4, -0.2) is 11.4 Å². The van der Waals surface area contributed by atoms with Crippen LogP contribution in [-0.2, 0) is 4.79 Å². The molecule has 94 valence electrons. The van der Waals surface area contributed by atoms with Gasteiger partial charge in [0.1, 0.15) is 5.38 Å².